The predicted octanol–water partition coefficient (Wildman–Crippen LogP) is 17.3. The van der Waals surface area contributed by atoms with Crippen LogP contribution in [0.25, 0.3) is 0 Å². The fourth-order valence-corrected chi connectivity index (χ4v) is 10.4. The van der Waals surface area contributed by atoms with Gasteiger partial charge in [-0.05, 0) is 96.3 Å². The molecule has 0 aliphatic carbocycles. The molecule has 0 fully saturated rings. The Morgan fingerprint density at radius 1 is 0.324 bits per heavy atom. The summed E-state index contributed by atoms with van der Waals surface area (Å²) in [6, 6.07) is 0. The zero-order valence-corrected chi connectivity index (χ0v) is 55.0. The molecule has 0 spiro atoms. The molecule has 0 radical (unpaired) electrons. The number of carboxylic acids is 3. The Bertz CT molecular complexity index is 1100. The summed E-state index contributed by atoms with van der Waals surface area (Å²) in [7, 11) is 0. The van der Waals surface area contributed by atoms with Gasteiger partial charge in [0.2, 0.25) is 0 Å². The molecule has 0 aliphatic heterocycles. The van der Waals surface area contributed by atoms with Crippen molar-refractivity contribution >= 4 is 78.3 Å². The molecule has 6 atom stereocenters. The molecule has 0 bridgehead atoms. The average molecular weight is 1200 g/mol. The summed E-state index contributed by atoms with van der Waals surface area (Å²) in [5.41, 5.74) is 0. The monoisotopic (exact) mass is 1200 g/mol. The molecule has 74 heavy (non-hydrogen) atoms. The van der Waals surface area contributed by atoms with Crippen LogP contribution in [0.5, 0.6) is 0 Å². The van der Waals surface area contributed by atoms with E-state index in [0.29, 0.717) is 19.3 Å². The number of rotatable bonds is 50. The zero-order chi connectivity index (χ0) is 56.1. The number of carbonyl (C=O) groups excluding carboxylic acids is 3. The molecule has 0 rings (SSSR count). The quantitative estimate of drug-likeness (QED) is 0.0242. The van der Waals surface area contributed by atoms with Crippen molar-refractivity contribution in [2.24, 2.45) is 17.8 Å². The number of allylic oxidation sites excluding steroid dienone is 6. The van der Waals surface area contributed by atoms with E-state index in [-0.39, 0.29) is 15.7 Å². The third kappa shape index (κ3) is 65.8. The van der Waals surface area contributed by atoms with E-state index < -0.39 is 35.7 Å². The number of carbonyl (C=O) groups is 3. The van der Waals surface area contributed by atoms with Crippen LogP contribution in [0.15, 0.2) is 36.5 Å². The molecule has 0 aliphatic rings. The summed E-state index contributed by atoms with van der Waals surface area (Å²) < 4.78 is 1.43. The number of hydrogen-bond donors (Lipinski definition) is 3. The molecule has 10 heteroatoms. The van der Waals surface area contributed by atoms with Crippen LogP contribution in [0, 0.1) is 17.8 Å². The van der Waals surface area contributed by atoms with Crippen LogP contribution in [0.2, 0.25) is 4.44 Å². The van der Waals surface area contributed by atoms with Gasteiger partial charge in [0.05, 0.1) is 0 Å². The second kappa shape index (κ2) is 66.8. The van der Waals surface area contributed by atoms with Gasteiger partial charge in [0.25, 0.3) is 0 Å². The van der Waals surface area contributed by atoms with Gasteiger partial charge in [0.15, 0.2) is 0 Å². The predicted molar refractivity (Wildman–Crippen MR) is 331 cm³/mol. The Kier molecular flexibility index (Phi) is 72.1. The van der Waals surface area contributed by atoms with Gasteiger partial charge in [-0.1, -0.05) is 232 Å². The number of aliphatic carboxylic acids is 3. The number of hydrogen-bond acceptors (Lipinski definition) is 9. The van der Waals surface area contributed by atoms with Crippen molar-refractivity contribution in [2.75, 3.05) is 0 Å². The fraction of sp³-hybridized carbons (Fsp3) is 0.859. The van der Waals surface area contributed by atoms with Gasteiger partial charge in [0, 0.05) is 51.4 Å². The van der Waals surface area contributed by atoms with Crippen LogP contribution in [0.3, 0.4) is 0 Å². The first kappa shape index (κ1) is 80.0. The summed E-state index contributed by atoms with van der Waals surface area (Å²) >= 11 is 14.4. The number of unbranched alkanes of at least 4 members (excludes halogenated alkanes) is 31. The Labute approximate surface area is 490 Å². The molecule has 0 heterocycles. The molecule has 0 saturated carbocycles. The summed E-state index contributed by atoms with van der Waals surface area (Å²) in [5, 5.41) is 32.4. The second-order valence-electron chi connectivity index (χ2n) is 21.2. The maximum absolute atomic E-state index is 10.9. The molecular formula is C64H120O6S3Sn. The summed E-state index contributed by atoms with van der Waals surface area (Å²) in [6.07, 6.45) is 63.8. The summed E-state index contributed by atoms with van der Waals surface area (Å²) in [5.74, 6) is -4.08. The van der Waals surface area contributed by atoms with Crippen LogP contribution >= 0.6 is 37.9 Å². The molecule has 0 aromatic heterocycles. The average Bonchev–Trinajstić information content (AvgIpc) is 3.35. The number of thiol groups is 3. The van der Waals surface area contributed by atoms with Crippen molar-refractivity contribution in [3.8, 4) is 0 Å². The van der Waals surface area contributed by atoms with Crippen LogP contribution in [-0.4, -0.2) is 56.2 Å². The molecule has 6 nitrogen and oxygen atoms in total. The normalized spacial score (nSPS) is 13.8. The third-order valence-corrected chi connectivity index (χ3v) is 15.9. The van der Waals surface area contributed by atoms with Gasteiger partial charge < -0.3 is 29.7 Å². The molecule has 0 saturated heterocycles. The Morgan fingerprint density at radius 2 is 0.500 bits per heavy atom. The third-order valence-electron chi connectivity index (χ3n) is 13.8. The van der Waals surface area contributed by atoms with E-state index in [1.165, 1.54) is 191 Å². The molecule has 0 N–H and O–H groups in total. The van der Waals surface area contributed by atoms with Gasteiger partial charge in [-0.3, -0.25) is 0 Å². The van der Waals surface area contributed by atoms with E-state index in [1.54, 1.807) is 22.5 Å². The van der Waals surface area contributed by atoms with E-state index in [4.69, 9.17) is 0 Å². The molecule has 0 aromatic rings. The van der Waals surface area contributed by atoms with E-state index in [2.05, 4.69) is 102 Å². The van der Waals surface area contributed by atoms with Gasteiger partial charge in [-0.25, -0.2) is 0 Å². The van der Waals surface area contributed by atoms with Gasteiger partial charge in [-0.2, -0.15) is 37.9 Å². The summed E-state index contributed by atoms with van der Waals surface area (Å²) in [6.45, 7) is 14.5. The van der Waals surface area contributed by atoms with E-state index >= 15 is 0 Å². The van der Waals surface area contributed by atoms with Crippen LogP contribution in [0.1, 0.15) is 312 Å². The molecule has 0 amide bonds. The van der Waals surface area contributed by atoms with Gasteiger partial charge in [0.1, 0.15) is 0 Å². The Balaban J connectivity index is -0.000000473. The maximum atomic E-state index is 10.9. The molecule has 434 valence electrons. The fourth-order valence-electron chi connectivity index (χ4n) is 8.62. The van der Waals surface area contributed by atoms with E-state index in [9.17, 15) is 29.7 Å². The molecule has 0 aromatic carbocycles. The van der Waals surface area contributed by atoms with Crippen LogP contribution < -0.4 is 15.3 Å². The minimum absolute atomic E-state index is 0.120. The Hall–Kier alpha value is -0.521. The van der Waals surface area contributed by atoms with Crippen molar-refractivity contribution in [3.05, 3.63) is 36.5 Å². The van der Waals surface area contributed by atoms with Crippen molar-refractivity contribution in [2.45, 2.75) is 332 Å². The summed E-state index contributed by atoms with van der Waals surface area (Å²) in [4.78, 5) is 32.8. The van der Waals surface area contributed by atoms with Gasteiger partial charge >= 0.3 is 46.7 Å². The van der Waals surface area contributed by atoms with Gasteiger partial charge in [-0.15, -0.1) is 0 Å². The first-order valence-electron chi connectivity index (χ1n) is 31.0. The van der Waals surface area contributed by atoms with Crippen molar-refractivity contribution in [1.82, 2.24) is 0 Å². The van der Waals surface area contributed by atoms with Crippen molar-refractivity contribution < 1.29 is 29.7 Å². The van der Waals surface area contributed by atoms with Crippen LogP contribution in [0.4, 0.5) is 0 Å². The Morgan fingerprint density at radius 3 is 0.649 bits per heavy atom. The van der Waals surface area contributed by atoms with E-state index in [1.807, 2.05) is 20.8 Å². The molecular weight excluding hydrogens is 1080 g/mol. The second-order valence-corrected chi connectivity index (χ2v) is 25.0. The first-order valence-corrected chi connectivity index (χ1v) is 34.5. The van der Waals surface area contributed by atoms with Crippen molar-refractivity contribution in [1.29, 1.82) is 0 Å². The zero-order valence-electron chi connectivity index (χ0n) is 49.4. The minimum atomic E-state index is -0.954. The first-order chi connectivity index (χ1) is 35.7. The molecule has 6 unspecified atom stereocenters. The van der Waals surface area contributed by atoms with E-state index in [0.717, 1.165) is 57.8 Å². The standard InChI is InChI=1S/3C20H38O2S.C4H9.Sn/c3*1-3-4-5-6-7-8-9-10-11-12-13-14-15-16-17-19(18(2)23)20(21)22;1-3-4-2;/h3*10-11,18-19,23H,3-9,12-17H2,1-2H3,(H,21,22);1,3-4H2,2H3;/q;;;;+3/p-3/b3*11-10-;;. The number of carboxylic acid groups (broad SMARTS) is 3. The topological polar surface area (TPSA) is 120 Å². The van der Waals surface area contributed by atoms with Crippen molar-refractivity contribution in [3.63, 3.8) is 0 Å². The SMILES string of the molecule is CCCCCCCC/C=C\CCCCCCC(C(=O)[O-])C(C)S.CCCCCCCC/C=C\CCCCCCC(C(=O)[O-])C(C)S.CCCCCCCC/C=C\CCCCCCC(C(=O)[O-])C(C)S.CCC[CH2][Sn+3]. The van der Waals surface area contributed by atoms with Crippen LogP contribution in [-0.2, 0) is 14.4 Å².